The normalized spacial score (nSPS) is 22.3. The molecule has 0 spiro atoms. The molecule has 1 fully saturated rings. The topological polar surface area (TPSA) is 15.7 Å². The highest BCUT2D eigenvalue weighted by molar-refractivity contribution is 8.19. The van der Waals surface area contributed by atoms with Gasteiger partial charge in [-0.2, -0.15) is 0 Å². The van der Waals surface area contributed by atoms with Crippen molar-refractivity contribution in [3.63, 3.8) is 0 Å². The minimum atomic E-state index is -1.88. The highest BCUT2D eigenvalue weighted by Gasteiger charge is 2.33. The summed E-state index contributed by atoms with van der Waals surface area (Å²) >= 11 is 6.38. The van der Waals surface area contributed by atoms with E-state index in [0.29, 0.717) is 0 Å². The van der Waals surface area contributed by atoms with Gasteiger partial charge in [0.1, 0.15) is 0 Å². The monoisotopic (exact) mass is 350 g/mol. The summed E-state index contributed by atoms with van der Waals surface area (Å²) in [4.78, 5) is 2.55. The number of nitrogens with zero attached hydrogens (tertiary/aromatic N) is 2. The molecule has 1 aliphatic heterocycles. The summed E-state index contributed by atoms with van der Waals surface area (Å²) in [6.07, 6.45) is 3.00. The maximum Gasteiger partial charge on any atom is 0.0682 e. The first kappa shape index (κ1) is 17.2. The fourth-order valence-electron chi connectivity index (χ4n) is 3.63. The van der Waals surface area contributed by atoms with E-state index in [1.165, 1.54) is 35.6 Å². The van der Waals surface area contributed by atoms with Gasteiger partial charge in [0, 0.05) is 24.1 Å². The SMILES string of the molecule is CN(C)P(=S)(C1=C(N2CCOCC2)CCCC1)c1ccccc1. The minimum absolute atomic E-state index is 0.840. The summed E-state index contributed by atoms with van der Waals surface area (Å²) in [5.41, 5.74) is 1.53. The Morgan fingerprint density at radius 3 is 2.35 bits per heavy atom. The third kappa shape index (κ3) is 3.41. The Kier molecular flexibility index (Phi) is 5.58. The number of hydrogen-bond donors (Lipinski definition) is 0. The summed E-state index contributed by atoms with van der Waals surface area (Å²) in [6, 6.07) is 10.8. The quantitative estimate of drug-likeness (QED) is 0.773. The van der Waals surface area contributed by atoms with Gasteiger partial charge in [0.05, 0.1) is 19.4 Å². The lowest BCUT2D eigenvalue weighted by atomic mass is 10.0. The lowest BCUT2D eigenvalue weighted by molar-refractivity contribution is 0.0510. The van der Waals surface area contributed by atoms with Crippen LogP contribution in [-0.4, -0.2) is 50.0 Å². The highest BCUT2D eigenvalue weighted by atomic mass is 32.4. The van der Waals surface area contributed by atoms with E-state index >= 15 is 0 Å². The fourth-order valence-corrected chi connectivity index (χ4v) is 7.48. The van der Waals surface area contributed by atoms with Gasteiger partial charge in [0.2, 0.25) is 0 Å². The van der Waals surface area contributed by atoms with Crippen molar-refractivity contribution < 1.29 is 4.74 Å². The minimum Gasteiger partial charge on any atom is -0.378 e. The summed E-state index contributed by atoms with van der Waals surface area (Å²) < 4.78 is 7.87. The molecule has 1 aliphatic carbocycles. The van der Waals surface area contributed by atoms with Crippen LogP contribution in [0.4, 0.5) is 0 Å². The van der Waals surface area contributed by atoms with Crippen LogP contribution in [-0.2, 0) is 16.5 Å². The summed E-state index contributed by atoms with van der Waals surface area (Å²) in [7, 11) is 4.32. The summed E-state index contributed by atoms with van der Waals surface area (Å²) in [5.74, 6) is 0. The predicted octanol–water partition coefficient (Wildman–Crippen LogP) is 3.39. The molecule has 0 bridgehead atoms. The van der Waals surface area contributed by atoms with Crippen LogP contribution in [0, 0.1) is 0 Å². The smallest absolute Gasteiger partial charge is 0.0682 e. The molecule has 1 atom stereocenters. The van der Waals surface area contributed by atoms with Crippen LogP contribution in [0.1, 0.15) is 25.7 Å². The van der Waals surface area contributed by atoms with Gasteiger partial charge in [-0.05, 0) is 45.1 Å². The molecule has 5 heteroatoms. The van der Waals surface area contributed by atoms with Crippen LogP contribution < -0.4 is 5.30 Å². The molecule has 126 valence electrons. The van der Waals surface area contributed by atoms with E-state index in [-0.39, 0.29) is 0 Å². The zero-order valence-electron chi connectivity index (χ0n) is 14.2. The number of ether oxygens (including phenoxy) is 1. The van der Waals surface area contributed by atoms with Crippen molar-refractivity contribution in [1.82, 2.24) is 9.57 Å². The molecule has 0 amide bonds. The van der Waals surface area contributed by atoms with Crippen LogP contribution in [0.15, 0.2) is 41.3 Å². The van der Waals surface area contributed by atoms with Crippen molar-refractivity contribution in [1.29, 1.82) is 0 Å². The van der Waals surface area contributed by atoms with Crippen molar-refractivity contribution in [3.05, 3.63) is 41.3 Å². The van der Waals surface area contributed by atoms with Crippen molar-refractivity contribution in [2.24, 2.45) is 0 Å². The van der Waals surface area contributed by atoms with Crippen molar-refractivity contribution in [3.8, 4) is 0 Å². The standard InChI is InChI=1S/C18H27N2OPS/c1-19(2)22(23,16-8-4-3-5-9-16)18-11-7-6-10-17(18)20-12-14-21-15-13-20/h3-5,8-9H,6-7,10-15H2,1-2H3. The molecule has 1 saturated heterocycles. The number of morpholine rings is 1. The van der Waals surface area contributed by atoms with E-state index in [9.17, 15) is 0 Å². The maximum absolute atomic E-state index is 6.38. The van der Waals surface area contributed by atoms with E-state index in [2.05, 4.69) is 54.0 Å². The maximum atomic E-state index is 6.38. The molecule has 0 radical (unpaired) electrons. The van der Waals surface area contributed by atoms with E-state index < -0.39 is 6.19 Å². The molecule has 0 aromatic heterocycles. The van der Waals surface area contributed by atoms with Gasteiger partial charge in [-0.15, -0.1) is 0 Å². The highest BCUT2D eigenvalue weighted by Crippen LogP contribution is 2.59. The number of hydrogen-bond acceptors (Lipinski definition) is 3. The average molecular weight is 350 g/mol. The third-order valence-corrected chi connectivity index (χ3v) is 10.4. The van der Waals surface area contributed by atoms with Gasteiger partial charge >= 0.3 is 0 Å². The Morgan fingerprint density at radius 1 is 1.04 bits per heavy atom. The number of allylic oxidation sites excluding steroid dienone is 2. The van der Waals surface area contributed by atoms with Crippen molar-refractivity contribution in [2.45, 2.75) is 25.7 Å². The second-order valence-corrected chi connectivity index (χ2v) is 11.1. The van der Waals surface area contributed by atoms with Gasteiger partial charge in [-0.1, -0.05) is 42.1 Å². The average Bonchev–Trinajstić information content (AvgIpc) is 2.62. The number of benzene rings is 1. The van der Waals surface area contributed by atoms with Crippen molar-refractivity contribution in [2.75, 3.05) is 40.4 Å². The van der Waals surface area contributed by atoms with Gasteiger partial charge in [0.15, 0.2) is 0 Å². The first-order valence-corrected chi connectivity index (χ1v) is 11.3. The van der Waals surface area contributed by atoms with Crippen LogP contribution in [0.5, 0.6) is 0 Å². The van der Waals surface area contributed by atoms with E-state index in [1.807, 2.05) is 0 Å². The second kappa shape index (κ2) is 7.48. The Morgan fingerprint density at radius 2 is 1.70 bits per heavy atom. The molecule has 0 N–H and O–H groups in total. The third-order valence-electron chi connectivity index (χ3n) is 4.84. The molecule has 1 aromatic rings. The second-order valence-electron chi connectivity index (χ2n) is 6.46. The van der Waals surface area contributed by atoms with Gasteiger partial charge in [-0.3, -0.25) is 4.67 Å². The first-order valence-electron chi connectivity index (χ1n) is 8.53. The van der Waals surface area contributed by atoms with Crippen LogP contribution >= 0.6 is 6.19 Å². The Balaban J connectivity index is 2.08. The first-order chi connectivity index (χ1) is 11.1. The van der Waals surface area contributed by atoms with Crippen LogP contribution in [0.25, 0.3) is 0 Å². The van der Waals surface area contributed by atoms with E-state index in [1.54, 1.807) is 0 Å². The molecule has 23 heavy (non-hydrogen) atoms. The lowest BCUT2D eigenvalue weighted by Gasteiger charge is -2.40. The molecule has 3 nitrogen and oxygen atoms in total. The van der Waals surface area contributed by atoms with E-state index in [4.69, 9.17) is 16.5 Å². The predicted molar refractivity (Wildman–Crippen MR) is 102 cm³/mol. The molecular weight excluding hydrogens is 323 g/mol. The zero-order chi connectivity index (χ0) is 16.3. The molecule has 1 aromatic carbocycles. The van der Waals surface area contributed by atoms with Crippen molar-refractivity contribution >= 4 is 23.3 Å². The number of rotatable bonds is 4. The van der Waals surface area contributed by atoms with Gasteiger partial charge < -0.3 is 9.64 Å². The Labute approximate surface area is 145 Å². The zero-order valence-corrected chi connectivity index (χ0v) is 15.9. The molecule has 3 rings (SSSR count). The van der Waals surface area contributed by atoms with Crippen LogP contribution in [0.2, 0.25) is 0 Å². The van der Waals surface area contributed by atoms with Gasteiger partial charge in [0.25, 0.3) is 0 Å². The molecule has 1 heterocycles. The molecule has 2 aliphatic rings. The Hall–Kier alpha value is -0.670. The molecular formula is C18H27N2OPS. The van der Waals surface area contributed by atoms with E-state index in [0.717, 1.165) is 32.7 Å². The fraction of sp³-hybridized carbons (Fsp3) is 0.556. The van der Waals surface area contributed by atoms with Crippen LogP contribution in [0.3, 0.4) is 0 Å². The summed E-state index contributed by atoms with van der Waals surface area (Å²) in [5, 5.41) is 2.86. The largest absolute Gasteiger partial charge is 0.378 e. The van der Waals surface area contributed by atoms with Gasteiger partial charge in [-0.25, -0.2) is 0 Å². The lowest BCUT2D eigenvalue weighted by Crippen LogP contribution is -2.37. The molecule has 0 saturated carbocycles. The molecule has 1 unspecified atom stereocenters. The summed E-state index contributed by atoms with van der Waals surface area (Å²) in [6.45, 7) is 3.70. The Bertz CT molecular complexity index is 609.